The molecule has 0 N–H and O–H groups in total. The molecule has 0 bridgehead atoms. The van der Waals surface area contributed by atoms with E-state index in [-0.39, 0.29) is 4.91 Å². The van der Waals surface area contributed by atoms with E-state index in [0.29, 0.717) is 17.9 Å². The van der Waals surface area contributed by atoms with Gasteiger partial charge in [0.25, 0.3) is 0 Å². The van der Waals surface area contributed by atoms with Crippen molar-refractivity contribution in [3.63, 3.8) is 0 Å². The van der Waals surface area contributed by atoms with Crippen molar-refractivity contribution in [1.29, 1.82) is 5.26 Å². The van der Waals surface area contributed by atoms with Gasteiger partial charge < -0.3 is 4.74 Å². The Bertz CT molecular complexity index is 801. The van der Waals surface area contributed by atoms with E-state index in [0.717, 1.165) is 11.8 Å². The van der Waals surface area contributed by atoms with E-state index in [4.69, 9.17) is 10.00 Å². The number of sulfone groups is 1. The predicted molar refractivity (Wildman–Crippen MR) is 85.6 cm³/mol. The highest BCUT2D eigenvalue weighted by Crippen LogP contribution is 2.17. The first-order valence-corrected chi connectivity index (χ1v) is 8.47. The van der Waals surface area contributed by atoms with Crippen LogP contribution in [0.3, 0.4) is 0 Å². The Morgan fingerprint density at radius 1 is 1.14 bits per heavy atom. The summed E-state index contributed by atoms with van der Waals surface area (Å²) in [6.45, 7) is 0.461. The largest absolute Gasteiger partial charge is 0.489 e. The predicted octanol–water partition coefficient (Wildman–Crippen LogP) is 3.17. The summed E-state index contributed by atoms with van der Waals surface area (Å²) in [7, 11) is -3.50. The molecule has 0 aliphatic carbocycles. The van der Waals surface area contributed by atoms with E-state index in [1.165, 1.54) is 6.08 Å². The van der Waals surface area contributed by atoms with Crippen LogP contribution in [0.2, 0.25) is 0 Å². The van der Waals surface area contributed by atoms with Crippen molar-refractivity contribution in [2.75, 3.05) is 6.26 Å². The maximum atomic E-state index is 11.4. The third-order valence-corrected chi connectivity index (χ3v) is 3.94. The van der Waals surface area contributed by atoms with Crippen molar-refractivity contribution in [1.82, 2.24) is 0 Å². The van der Waals surface area contributed by atoms with Gasteiger partial charge in [-0.05, 0) is 29.3 Å². The minimum absolute atomic E-state index is 0.259. The van der Waals surface area contributed by atoms with Crippen molar-refractivity contribution >= 4 is 15.9 Å². The van der Waals surface area contributed by atoms with Gasteiger partial charge in [-0.1, -0.05) is 42.5 Å². The van der Waals surface area contributed by atoms with Crippen molar-refractivity contribution < 1.29 is 13.2 Å². The van der Waals surface area contributed by atoms with E-state index in [9.17, 15) is 8.42 Å². The Hall–Kier alpha value is -2.58. The summed E-state index contributed by atoms with van der Waals surface area (Å²) in [4.78, 5) is -0.259. The van der Waals surface area contributed by atoms with Crippen LogP contribution in [0, 0.1) is 11.3 Å². The fraction of sp³-hybridized carbons (Fsp3) is 0.118. The molecule has 0 atom stereocenters. The molecule has 0 unspecified atom stereocenters. The third kappa shape index (κ3) is 4.47. The topological polar surface area (TPSA) is 67.2 Å². The number of nitriles is 1. The number of ether oxygens (including phenoxy) is 1. The van der Waals surface area contributed by atoms with Crippen LogP contribution in [0.5, 0.6) is 5.75 Å². The summed E-state index contributed by atoms with van der Waals surface area (Å²) < 4.78 is 28.4. The molecule has 0 saturated heterocycles. The molecular formula is C17H15NO3S. The SMILES string of the molecule is CS(=O)(=O)/C(C#N)=C/c1ccc(OCc2ccccc2)cc1. The molecule has 4 nitrogen and oxygen atoms in total. The van der Waals surface area contributed by atoms with Crippen LogP contribution in [-0.2, 0) is 16.4 Å². The van der Waals surface area contributed by atoms with Crippen molar-refractivity contribution in [2.45, 2.75) is 6.61 Å². The van der Waals surface area contributed by atoms with Gasteiger partial charge in [-0.25, -0.2) is 8.42 Å². The molecule has 0 spiro atoms. The summed E-state index contributed by atoms with van der Waals surface area (Å²) in [6.07, 6.45) is 2.36. The molecule has 2 aromatic carbocycles. The molecule has 2 rings (SSSR count). The lowest BCUT2D eigenvalue weighted by Crippen LogP contribution is -1.98. The van der Waals surface area contributed by atoms with Gasteiger partial charge in [0, 0.05) is 6.26 Å². The Balaban J connectivity index is 2.08. The maximum absolute atomic E-state index is 11.4. The van der Waals surface area contributed by atoms with Gasteiger partial charge in [0.1, 0.15) is 23.3 Å². The van der Waals surface area contributed by atoms with Crippen molar-refractivity contribution in [3.05, 3.63) is 70.6 Å². The Morgan fingerprint density at radius 3 is 2.32 bits per heavy atom. The Morgan fingerprint density at radius 2 is 1.77 bits per heavy atom. The quantitative estimate of drug-likeness (QED) is 0.795. The lowest BCUT2D eigenvalue weighted by Gasteiger charge is -2.06. The van der Waals surface area contributed by atoms with Crippen LogP contribution in [0.15, 0.2) is 59.5 Å². The summed E-state index contributed by atoms with van der Waals surface area (Å²) in [6, 6.07) is 18.4. The van der Waals surface area contributed by atoms with E-state index in [1.807, 2.05) is 30.3 Å². The zero-order valence-electron chi connectivity index (χ0n) is 12.1. The van der Waals surface area contributed by atoms with Crippen LogP contribution < -0.4 is 4.74 Å². The highest BCUT2D eigenvalue weighted by atomic mass is 32.2. The molecule has 0 aliphatic heterocycles. The van der Waals surface area contributed by atoms with Gasteiger partial charge in [-0.15, -0.1) is 0 Å². The van der Waals surface area contributed by atoms with Gasteiger partial charge in [-0.3, -0.25) is 0 Å². The van der Waals surface area contributed by atoms with Crippen LogP contribution in [0.1, 0.15) is 11.1 Å². The average Bonchev–Trinajstić information content (AvgIpc) is 2.51. The zero-order chi connectivity index (χ0) is 16.0. The second-order valence-electron chi connectivity index (χ2n) is 4.74. The molecule has 0 saturated carbocycles. The highest BCUT2D eigenvalue weighted by Gasteiger charge is 2.10. The molecule has 22 heavy (non-hydrogen) atoms. The molecule has 5 heteroatoms. The zero-order valence-corrected chi connectivity index (χ0v) is 12.9. The fourth-order valence-corrected chi connectivity index (χ4v) is 2.29. The van der Waals surface area contributed by atoms with Crippen molar-refractivity contribution in [2.24, 2.45) is 0 Å². The Kier molecular flexibility index (Phi) is 4.97. The lowest BCUT2D eigenvalue weighted by molar-refractivity contribution is 0.306. The normalized spacial score (nSPS) is 11.7. The number of hydrogen-bond acceptors (Lipinski definition) is 4. The first-order valence-electron chi connectivity index (χ1n) is 6.58. The average molecular weight is 313 g/mol. The smallest absolute Gasteiger partial charge is 0.185 e. The second kappa shape index (κ2) is 6.92. The maximum Gasteiger partial charge on any atom is 0.185 e. The standard InChI is InChI=1S/C17H15NO3S/c1-22(19,20)17(12-18)11-14-7-9-16(10-8-14)21-13-15-5-3-2-4-6-15/h2-11H,13H2,1H3/b17-11+. The molecule has 0 amide bonds. The molecule has 0 aliphatic rings. The van der Waals surface area contributed by atoms with E-state index < -0.39 is 9.84 Å². The molecule has 112 valence electrons. The van der Waals surface area contributed by atoms with Crippen LogP contribution in [0.25, 0.3) is 6.08 Å². The van der Waals surface area contributed by atoms with Gasteiger partial charge in [0.2, 0.25) is 0 Å². The van der Waals surface area contributed by atoms with Crippen LogP contribution >= 0.6 is 0 Å². The minimum Gasteiger partial charge on any atom is -0.489 e. The number of rotatable bonds is 5. The summed E-state index contributed by atoms with van der Waals surface area (Å²) in [5, 5.41) is 8.87. The van der Waals surface area contributed by atoms with Gasteiger partial charge >= 0.3 is 0 Å². The highest BCUT2D eigenvalue weighted by molar-refractivity contribution is 7.95. The Labute approximate surface area is 130 Å². The molecular weight excluding hydrogens is 298 g/mol. The third-order valence-electron chi connectivity index (χ3n) is 2.94. The van der Waals surface area contributed by atoms with Crippen LogP contribution in [0.4, 0.5) is 0 Å². The van der Waals surface area contributed by atoms with Gasteiger partial charge in [0.05, 0.1) is 0 Å². The second-order valence-corrected chi connectivity index (χ2v) is 6.72. The van der Waals surface area contributed by atoms with Gasteiger partial charge in [-0.2, -0.15) is 5.26 Å². The number of hydrogen-bond donors (Lipinski definition) is 0. The van der Waals surface area contributed by atoms with Gasteiger partial charge in [0.15, 0.2) is 9.84 Å². The summed E-state index contributed by atoms with van der Waals surface area (Å²) in [5.41, 5.74) is 1.70. The minimum atomic E-state index is -3.50. The number of benzene rings is 2. The summed E-state index contributed by atoms with van der Waals surface area (Å²) >= 11 is 0. The van der Waals surface area contributed by atoms with E-state index in [1.54, 1.807) is 30.3 Å². The van der Waals surface area contributed by atoms with E-state index >= 15 is 0 Å². The number of allylic oxidation sites excluding steroid dienone is 1. The molecule has 0 fully saturated rings. The fourth-order valence-electron chi connectivity index (χ4n) is 1.77. The van der Waals surface area contributed by atoms with Crippen molar-refractivity contribution in [3.8, 4) is 11.8 Å². The summed E-state index contributed by atoms with van der Waals surface area (Å²) in [5.74, 6) is 0.680. The molecule has 0 radical (unpaired) electrons. The molecule has 0 heterocycles. The lowest BCUT2D eigenvalue weighted by atomic mass is 10.2. The first kappa shape index (κ1) is 15.8. The van der Waals surface area contributed by atoms with E-state index in [2.05, 4.69) is 0 Å². The monoisotopic (exact) mass is 313 g/mol. The molecule has 0 aromatic heterocycles. The number of nitrogens with zero attached hydrogens (tertiary/aromatic N) is 1. The first-order chi connectivity index (χ1) is 10.5. The molecule has 2 aromatic rings. The van der Waals surface area contributed by atoms with Crippen LogP contribution in [-0.4, -0.2) is 14.7 Å².